The van der Waals surface area contributed by atoms with E-state index in [0.717, 1.165) is 12.1 Å². The van der Waals surface area contributed by atoms with Crippen molar-refractivity contribution in [2.75, 3.05) is 0 Å². The molecular weight excluding hydrogens is 249 g/mol. The monoisotopic (exact) mass is 258 g/mol. The van der Waals surface area contributed by atoms with Crippen LogP contribution in [-0.4, -0.2) is 4.98 Å². The Morgan fingerprint density at radius 3 is 2.29 bits per heavy atom. The first-order valence-corrected chi connectivity index (χ1v) is 5.73. The van der Waals surface area contributed by atoms with Crippen molar-refractivity contribution in [2.24, 2.45) is 5.73 Å². The van der Waals surface area contributed by atoms with Gasteiger partial charge in [0.05, 0.1) is 22.8 Å². The maximum atomic E-state index is 12.4. The molecule has 2 aromatic rings. The van der Waals surface area contributed by atoms with Crippen LogP contribution in [0.2, 0.25) is 0 Å². The third-order valence-corrected chi connectivity index (χ3v) is 2.97. The van der Waals surface area contributed by atoms with Crippen molar-refractivity contribution in [3.05, 3.63) is 52.0 Å². The van der Waals surface area contributed by atoms with E-state index in [9.17, 15) is 13.2 Å². The highest BCUT2D eigenvalue weighted by Gasteiger charge is 2.30. The second-order valence-electron chi connectivity index (χ2n) is 3.51. The number of hydrogen-bond acceptors (Lipinski definition) is 3. The number of rotatable bonds is 2. The van der Waals surface area contributed by atoms with Crippen LogP contribution in [-0.2, 0) is 6.18 Å². The van der Waals surface area contributed by atoms with E-state index in [1.54, 1.807) is 10.9 Å². The summed E-state index contributed by atoms with van der Waals surface area (Å²) in [6, 6.07) is 4.34. The number of hydrogen-bond donors (Lipinski definition) is 1. The van der Waals surface area contributed by atoms with E-state index in [-0.39, 0.29) is 0 Å². The molecule has 0 saturated heterocycles. The van der Waals surface area contributed by atoms with Crippen molar-refractivity contribution >= 4 is 11.3 Å². The summed E-state index contributed by atoms with van der Waals surface area (Å²) in [6.45, 7) is 0. The van der Waals surface area contributed by atoms with E-state index < -0.39 is 17.8 Å². The maximum absolute atomic E-state index is 12.4. The molecule has 2 nitrogen and oxygen atoms in total. The minimum Gasteiger partial charge on any atom is -0.319 e. The van der Waals surface area contributed by atoms with E-state index in [2.05, 4.69) is 4.98 Å². The van der Waals surface area contributed by atoms with Gasteiger partial charge in [-0.3, -0.25) is 0 Å². The highest BCUT2D eigenvalue weighted by Crippen LogP contribution is 2.30. The molecule has 2 N–H and O–H groups in total. The smallest absolute Gasteiger partial charge is 0.319 e. The van der Waals surface area contributed by atoms with E-state index in [1.165, 1.54) is 23.5 Å². The molecule has 1 heterocycles. The molecular formula is C11H9F3N2S. The number of alkyl halides is 3. The van der Waals surface area contributed by atoms with Gasteiger partial charge >= 0.3 is 6.18 Å². The molecule has 2 rings (SSSR count). The minimum atomic E-state index is -4.32. The standard InChI is InChI=1S/C11H9F3N2S/c12-11(13,14)8-3-1-7(2-4-8)10(15)9-5-17-6-16-9/h1-6,10H,15H2. The van der Waals surface area contributed by atoms with E-state index in [0.29, 0.717) is 11.3 Å². The average Bonchev–Trinajstić information content (AvgIpc) is 2.80. The summed E-state index contributed by atoms with van der Waals surface area (Å²) in [5.41, 5.74) is 8.12. The van der Waals surface area contributed by atoms with Gasteiger partial charge in [0.25, 0.3) is 0 Å². The van der Waals surface area contributed by atoms with Crippen molar-refractivity contribution in [1.82, 2.24) is 4.98 Å². The normalized spacial score (nSPS) is 13.6. The van der Waals surface area contributed by atoms with Gasteiger partial charge in [-0.25, -0.2) is 4.98 Å². The lowest BCUT2D eigenvalue weighted by Crippen LogP contribution is -2.13. The fourth-order valence-electron chi connectivity index (χ4n) is 1.43. The van der Waals surface area contributed by atoms with Crippen LogP contribution in [0.1, 0.15) is 22.9 Å². The van der Waals surface area contributed by atoms with Gasteiger partial charge in [-0.2, -0.15) is 13.2 Å². The predicted octanol–water partition coefficient (Wildman–Crippen LogP) is 3.21. The molecule has 0 spiro atoms. The molecule has 1 atom stereocenters. The minimum absolute atomic E-state index is 0.483. The van der Waals surface area contributed by atoms with Gasteiger partial charge < -0.3 is 5.73 Å². The zero-order chi connectivity index (χ0) is 12.5. The van der Waals surface area contributed by atoms with Crippen LogP contribution in [0.15, 0.2) is 35.2 Å². The molecule has 0 aliphatic rings. The van der Waals surface area contributed by atoms with Crippen LogP contribution in [0.4, 0.5) is 13.2 Å². The summed E-state index contributed by atoms with van der Waals surface area (Å²) in [7, 11) is 0. The third kappa shape index (κ3) is 2.65. The predicted molar refractivity (Wildman–Crippen MR) is 59.6 cm³/mol. The topological polar surface area (TPSA) is 38.9 Å². The summed E-state index contributed by atoms with van der Waals surface area (Å²) in [6.07, 6.45) is -4.32. The summed E-state index contributed by atoms with van der Waals surface area (Å²) >= 11 is 1.40. The van der Waals surface area contributed by atoms with Gasteiger partial charge in [0.15, 0.2) is 0 Å². The SMILES string of the molecule is NC(c1ccc(C(F)(F)F)cc1)c1cscn1. The second kappa shape index (κ2) is 4.46. The molecule has 0 fully saturated rings. The fraction of sp³-hybridized carbons (Fsp3) is 0.182. The highest BCUT2D eigenvalue weighted by atomic mass is 32.1. The molecule has 6 heteroatoms. The first kappa shape index (κ1) is 12.1. The number of aromatic nitrogens is 1. The molecule has 0 saturated carbocycles. The van der Waals surface area contributed by atoms with Crippen LogP contribution >= 0.6 is 11.3 Å². The number of benzene rings is 1. The Morgan fingerprint density at radius 2 is 1.82 bits per heavy atom. The fourth-order valence-corrected chi connectivity index (χ4v) is 2.02. The van der Waals surface area contributed by atoms with Crippen LogP contribution in [0.5, 0.6) is 0 Å². The zero-order valence-corrected chi connectivity index (χ0v) is 9.42. The highest BCUT2D eigenvalue weighted by molar-refractivity contribution is 7.07. The molecule has 0 aliphatic carbocycles. The molecule has 1 aromatic carbocycles. The Kier molecular flexibility index (Phi) is 3.17. The quantitative estimate of drug-likeness (QED) is 0.898. The number of nitrogens with zero attached hydrogens (tertiary/aromatic N) is 1. The molecule has 1 aromatic heterocycles. The van der Waals surface area contributed by atoms with E-state index in [4.69, 9.17) is 5.73 Å². The number of halogens is 3. The van der Waals surface area contributed by atoms with Crippen LogP contribution in [0.3, 0.4) is 0 Å². The Labute approximate surface area is 99.9 Å². The first-order valence-electron chi connectivity index (χ1n) is 4.79. The van der Waals surface area contributed by atoms with Gasteiger partial charge in [-0.05, 0) is 17.7 Å². The lowest BCUT2D eigenvalue weighted by Gasteiger charge is -2.11. The second-order valence-corrected chi connectivity index (χ2v) is 4.23. The van der Waals surface area contributed by atoms with Crippen molar-refractivity contribution in [2.45, 2.75) is 12.2 Å². The van der Waals surface area contributed by atoms with Gasteiger partial charge in [-0.15, -0.1) is 11.3 Å². The van der Waals surface area contributed by atoms with Crippen LogP contribution in [0.25, 0.3) is 0 Å². The largest absolute Gasteiger partial charge is 0.416 e. The van der Waals surface area contributed by atoms with Crippen molar-refractivity contribution < 1.29 is 13.2 Å². The van der Waals surface area contributed by atoms with Crippen LogP contribution in [0, 0.1) is 0 Å². The molecule has 90 valence electrons. The first-order chi connectivity index (χ1) is 7.98. The third-order valence-electron chi connectivity index (χ3n) is 2.37. The Hall–Kier alpha value is -1.40. The van der Waals surface area contributed by atoms with Crippen LogP contribution < -0.4 is 5.73 Å². The van der Waals surface area contributed by atoms with Gasteiger partial charge in [0.2, 0.25) is 0 Å². The van der Waals surface area contributed by atoms with Crippen molar-refractivity contribution in [3.63, 3.8) is 0 Å². The van der Waals surface area contributed by atoms with Gasteiger partial charge in [-0.1, -0.05) is 12.1 Å². The molecule has 0 aliphatic heterocycles. The summed E-state index contributed by atoms with van der Waals surface area (Å²) < 4.78 is 37.1. The average molecular weight is 258 g/mol. The number of nitrogens with two attached hydrogens (primary N) is 1. The van der Waals surface area contributed by atoms with Gasteiger partial charge in [0, 0.05) is 5.38 Å². The van der Waals surface area contributed by atoms with E-state index >= 15 is 0 Å². The Bertz CT molecular complexity index is 476. The number of thiazole rings is 1. The Morgan fingerprint density at radius 1 is 1.18 bits per heavy atom. The summed E-state index contributed by atoms with van der Waals surface area (Å²) in [5.74, 6) is 0. The molecule has 0 radical (unpaired) electrons. The summed E-state index contributed by atoms with van der Waals surface area (Å²) in [4.78, 5) is 4.04. The van der Waals surface area contributed by atoms with Crippen molar-refractivity contribution in [1.29, 1.82) is 0 Å². The lowest BCUT2D eigenvalue weighted by atomic mass is 10.0. The molecule has 0 bridgehead atoms. The maximum Gasteiger partial charge on any atom is 0.416 e. The van der Waals surface area contributed by atoms with Crippen molar-refractivity contribution in [3.8, 4) is 0 Å². The molecule has 1 unspecified atom stereocenters. The zero-order valence-electron chi connectivity index (χ0n) is 8.61. The Balaban J connectivity index is 2.24. The summed E-state index contributed by atoms with van der Waals surface area (Å²) in [5, 5.41) is 1.78. The van der Waals surface area contributed by atoms with E-state index in [1.807, 2.05) is 0 Å². The molecule has 0 amide bonds. The molecule has 17 heavy (non-hydrogen) atoms. The lowest BCUT2D eigenvalue weighted by molar-refractivity contribution is -0.137. The van der Waals surface area contributed by atoms with Gasteiger partial charge in [0.1, 0.15) is 0 Å².